The van der Waals surface area contributed by atoms with Crippen LogP contribution in [-0.2, 0) is 9.53 Å². The molecular weight excluding hydrogens is 344 g/mol. The molecule has 0 radical (unpaired) electrons. The Morgan fingerprint density at radius 1 is 1.00 bits per heavy atom. The summed E-state index contributed by atoms with van der Waals surface area (Å²) in [7, 11) is 0. The molecule has 1 aliphatic rings. The van der Waals surface area contributed by atoms with Crippen LogP contribution in [0.25, 0.3) is 0 Å². The maximum absolute atomic E-state index is 11.9. The Kier molecular flexibility index (Phi) is 7.07. The van der Waals surface area contributed by atoms with Gasteiger partial charge in [0.25, 0.3) is 5.91 Å². The van der Waals surface area contributed by atoms with E-state index in [1.807, 2.05) is 43.3 Å². The fourth-order valence-electron chi connectivity index (χ4n) is 2.72. The van der Waals surface area contributed by atoms with E-state index >= 15 is 0 Å². The van der Waals surface area contributed by atoms with E-state index in [2.05, 4.69) is 10.2 Å². The first-order valence-corrected chi connectivity index (χ1v) is 9.23. The second-order valence-corrected chi connectivity index (χ2v) is 6.48. The Balaban J connectivity index is 1.36. The van der Waals surface area contributed by atoms with E-state index < -0.39 is 0 Å². The van der Waals surface area contributed by atoms with Gasteiger partial charge in [0.2, 0.25) is 0 Å². The first kappa shape index (κ1) is 19.2. The van der Waals surface area contributed by atoms with E-state index in [1.165, 1.54) is 5.56 Å². The molecule has 27 heavy (non-hydrogen) atoms. The van der Waals surface area contributed by atoms with Gasteiger partial charge in [-0.1, -0.05) is 17.7 Å². The van der Waals surface area contributed by atoms with E-state index in [0.717, 1.165) is 44.3 Å². The molecule has 1 heterocycles. The summed E-state index contributed by atoms with van der Waals surface area (Å²) in [5.41, 5.74) is 1.19. The Bertz CT molecular complexity index is 710. The lowest BCUT2D eigenvalue weighted by atomic mass is 10.2. The maximum atomic E-state index is 11.9. The van der Waals surface area contributed by atoms with Crippen molar-refractivity contribution >= 4 is 5.91 Å². The number of benzene rings is 2. The molecule has 6 heteroatoms. The largest absolute Gasteiger partial charge is 0.484 e. The number of aryl methyl sites for hydroxylation is 1. The molecule has 2 aromatic carbocycles. The van der Waals surface area contributed by atoms with Crippen LogP contribution in [0.2, 0.25) is 0 Å². The fraction of sp³-hybridized carbons (Fsp3) is 0.381. The van der Waals surface area contributed by atoms with Crippen molar-refractivity contribution in [1.29, 1.82) is 0 Å². The molecule has 0 unspecified atom stereocenters. The number of hydrogen-bond acceptors (Lipinski definition) is 5. The molecule has 3 rings (SSSR count). The van der Waals surface area contributed by atoms with Crippen molar-refractivity contribution in [3.63, 3.8) is 0 Å². The molecule has 0 aliphatic carbocycles. The molecule has 1 N–H and O–H groups in total. The minimum absolute atomic E-state index is 0.00127. The summed E-state index contributed by atoms with van der Waals surface area (Å²) < 4.78 is 16.6. The van der Waals surface area contributed by atoms with Gasteiger partial charge in [0.1, 0.15) is 17.2 Å². The van der Waals surface area contributed by atoms with Crippen LogP contribution in [0.4, 0.5) is 0 Å². The van der Waals surface area contributed by atoms with Crippen molar-refractivity contribution in [2.45, 2.75) is 6.92 Å². The molecule has 2 aromatic rings. The molecule has 1 aliphatic heterocycles. The summed E-state index contributed by atoms with van der Waals surface area (Å²) >= 11 is 0. The van der Waals surface area contributed by atoms with Crippen LogP contribution < -0.4 is 14.8 Å². The number of amides is 1. The molecular formula is C21H26N2O4. The molecule has 0 bridgehead atoms. The Hall–Kier alpha value is -2.57. The SMILES string of the molecule is Cc1ccc(Oc2ccc(OCC(=O)NCCN3CCOCC3)cc2)cc1. The van der Waals surface area contributed by atoms with E-state index in [4.69, 9.17) is 14.2 Å². The van der Waals surface area contributed by atoms with Crippen molar-refractivity contribution in [2.75, 3.05) is 46.0 Å². The summed E-state index contributed by atoms with van der Waals surface area (Å²) in [6.45, 7) is 6.86. The predicted octanol–water partition coefficient (Wildman–Crippen LogP) is 2.61. The zero-order valence-electron chi connectivity index (χ0n) is 15.6. The van der Waals surface area contributed by atoms with Crippen LogP contribution in [0.3, 0.4) is 0 Å². The average Bonchev–Trinajstić information content (AvgIpc) is 2.70. The van der Waals surface area contributed by atoms with E-state index in [0.29, 0.717) is 12.3 Å². The van der Waals surface area contributed by atoms with Gasteiger partial charge in [-0.15, -0.1) is 0 Å². The Labute approximate surface area is 160 Å². The standard InChI is InChI=1S/C21H26N2O4/c1-17-2-4-19(5-3-17)27-20-8-6-18(7-9-20)26-16-21(24)22-10-11-23-12-14-25-15-13-23/h2-9H,10-16H2,1H3,(H,22,24). The summed E-state index contributed by atoms with van der Waals surface area (Å²) in [5.74, 6) is 2.02. The molecule has 1 amide bonds. The van der Waals surface area contributed by atoms with Crippen molar-refractivity contribution < 1.29 is 19.0 Å². The fourth-order valence-corrected chi connectivity index (χ4v) is 2.72. The molecule has 0 spiro atoms. The third-order valence-electron chi connectivity index (χ3n) is 4.30. The highest BCUT2D eigenvalue weighted by atomic mass is 16.5. The summed E-state index contributed by atoms with van der Waals surface area (Å²) in [5, 5.41) is 2.88. The minimum atomic E-state index is -0.122. The van der Waals surface area contributed by atoms with E-state index in [-0.39, 0.29) is 12.5 Å². The second kappa shape index (κ2) is 9.94. The lowest BCUT2D eigenvalue weighted by Gasteiger charge is -2.26. The zero-order chi connectivity index (χ0) is 18.9. The van der Waals surface area contributed by atoms with Gasteiger partial charge in [-0.3, -0.25) is 9.69 Å². The maximum Gasteiger partial charge on any atom is 0.257 e. The van der Waals surface area contributed by atoms with E-state index in [9.17, 15) is 4.79 Å². The van der Waals surface area contributed by atoms with Gasteiger partial charge in [0.05, 0.1) is 13.2 Å². The van der Waals surface area contributed by atoms with Crippen molar-refractivity contribution in [1.82, 2.24) is 10.2 Å². The molecule has 6 nitrogen and oxygen atoms in total. The third-order valence-corrected chi connectivity index (χ3v) is 4.30. The normalized spacial score (nSPS) is 14.6. The summed E-state index contributed by atoms with van der Waals surface area (Å²) in [6, 6.07) is 15.1. The third kappa shape index (κ3) is 6.58. The highest BCUT2D eigenvalue weighted by Gasteiger charge is 2.10. The van der Waals surface area contributed by atoms with Gasteiger partial charge in [0, 0.05) is 26.2 Å². The highest BCUT2D eigenvalue weighted by Crippen LogP contribution is 2.24. The lowest BCUT2D eigenvalue weighted by Crippen LogP contribution is -2.42. The predicted molar refractivity (Wildman–Crippen MR) is 103 cm³/mol. The number of carbonyl (C=O) groups is 1. The van der Waals surface area contributed by atoms with E-state index in [1.54, 1.807) is 12.1 Å². The number of morpholine rings is 1. The van der Waals surface area contributed by atoms with Gasteiger partial charge in [0.15, 0.2) is 6.61 Å². The van der Waals surface area contributed by atoms with Crippen molar-refractivity contribution in [3.8, 4) is 17.2 Å². The van der Waals surface area contributed by atoms with Gasteiger partial charge in [-0.05, 0) is 43.3 Å². The van der Waals surface area contributed by atoms with Crippen LogP contribution in [0.5, 0.6) is 17.2 Å². The van der Waals surface area contributed by atoms with Gasteiger partial charge in [-0.2, -0.15) is 0 Å². The summed E-state index contributed by atoms with van der Waals surface area (Å²) in [6.07, 6.45) is 0. The number of nitrogens with zero attached hydrogens (tertiary/aromatic N) is 1. The molecule has 1 fully saturated rings. The van der Waals surface area contributed by atoms with Crippen LogP contribution >= 0.6 is 0 Å². The number of hydrogen-bond donors (Lipinski definition) is 1. The highest BCUT2D eigenvalue weighted by molar-refractivity contribution is 5.77. The van der Waals surface area contributed by atoms with Gasteiger partial charge < -0.3 is 19.5 Å². The average molecular weight is 370 g/mol. The quantitative estimate of drug-likeness (QED) is 0.774. The van der Waals surface area contributed by atoms with Gasteiger partial charge >= 0.3 is 0 Å². The van der Waals surface area contributed by atoms with Gasteiger partial charge in [-0.25, -0.2) is 0 Å². The Morgan fingerprint density at radius 2 is 1.59 bits per heavy atom. The summed E-state index contributed by atoms with van der Waals surface area (Å²) in [4.78, 5) is 14.2. The van der Waals surface area contributed by atoms with Crippen LogP contribution in [0.15, 0.2) is 48.5 Å². The molecule has 0 atom stereocenters. The molecule has 1 saturated heterocycles. The van der Waals surface area contributed by atoms with Crippen molar-refractivity contribution in [2.24, 2.45) is 0 Å². The first-order chi connectivity index (χ1) is 13.2. The number of carbonyl (C=O) groups excluding carboxylic acids is 1. The molecule has 0 aromatic heterocycles. The zero-order valence-corrected chi connectivity index (χ0v) is 15.6. The van der Waals surface area contributed by atoms with Crippen LogP contribution in [0.1, 0.15) is 5.56 Å². The number of rotatable bonds is 8. The molecule has 0 saturated carbocycles. The monoisotopic (exact) mass is 370 g/mol. The Morgan fingerprint density at radius 3 is 2.26 bits per heavy atom. The first-order valence-electron chi connectivity index (χ1n) is 9.23. The minimum Gasteiger partial charge on any atom is -0.484 e. The molecule has 144 valence electrons. The number of nitrogens with one attached hydrogen (secondary N) is 1. The van der Waals surface area contributed by atoms with Crippen LogP contribution in [0, 0.1) is 6.92 Å². The smallest absolute Gasteiger partial charge is 0.257 e. The lowest BCUT2D eigenvalue weighted by molar-refractivity contribution is -0.123. The van der Waals surface area contributed by atoms with Crippen molar-refractivity contribution in [3.05, 3.63) is 54.1 Å². The topological polar surface area (TPSA) is 60.0 Å². The van der Waals surface area contributed by atoms with Crippen LogP contribution in [-0.4, -0.2) is 56.8 Å². The second-order valence-electron chi connectivity index (χ2n) is 6.48. The number of ether oxygens (including phenoxy) is 3.